The summed E-state index contributed by atoms with van der Waals surface area (Å²) in [6, 6.07) is 9.71. The van der Waals surface area contributed by atoms with Gasteiger partial charge < -0.3 is 0 Å². The average molecular weight is 232 g/mol. The summed E-state index contributed by atoms with van der Waals surface area (Å²) in [4.78, 5) is 0. The second-order valence-electron chi connectivity index (χ2n) is 4.20. The normalized spacial score (nSPS) is 10.8. The quantitative estimate of drug-likeness (QED) is 0.786. The Morgan fingerprint density at radius 2 is 1.94 bits per heavy atom. The summed E-state index contributed by atoms with van der Waals surface area (Å²) >= 11 is 0. The third-order valence-corrected chi connectivity index (χ3v) is 2.84. The maximum Gasteiger partial charge on any atom is 0.167 e. The minimum Gasteiger partial charge on any atom is -0.234 e. The van der Waals surface area contributed by atoms with Crippen molar-refractivity contribution in [2.75, 3.05) is 0 Å². The van der Waals surface area contributed by atoms with E-state index in [2.05, 4.69) is 12.0 Å². The van der Waals surface area contributed by atoms with Crippen molar-refractivity contribution in [2.45, 2.75) is 33.1 Å². The van der Waals surface area contributed by atoms with Gasteiger partial charge in [0.05, 0.1) is 17.1 Å². The molecule has 1 aromatic heterocycles. The molecule has 0 fully saturated rings. The van der Waals surface area contributed by atoms with E-state index < -0.39 is 0 Å². The molecule has 0 aliphatic heterocycles. The second kappa shape index (κ2) is 5.13. The molecule has 0 radical (unpaired) electrons. The highest BCUT2D eigenvalue weighted by Crippen LogP contribution is 2.18. The van der Waals surface area contributed by atoms with Crippen molar-refractivity contribution in [1.29, 1.82) is 0 Å². The Kier molecular flexibility index (Phi) is 3.57. The number of aryl methyl sites for hydroxylation is 1. The number of aromatic nitrogens is 2. The fourth-order valence-electron chi connectivity index (χ4n) is 1.90. The number of unbranched alkanes of at least 4 members (excludes halogenated alkanes) is 1. The first-order chi connectivity index (χ1) is 8.24. The third kappa shape index (κ3) is 2.38. The molecule has 0 unspecified atom stereocenters. The minimum absolute atomic E-state index is 0.165. The highest BCUT2D eigenvalue weighted by molar-refractivity contribution is 5.34. The van der Waals surface area contributed by atoms with E-state index in [-0.39, 0.29) is 5.82 Å². The number of hydrogen-bond donors (Lipinski definition) is 0. The van der Waals surface area contributed by atoms with Crippen molar-refractivity contribution < 1.29 is 4.39 Å². The van der Waals surface area contributed by atoms with Gasteiger partial charge in [0, 0.05) is 0 Å². The fourth-order valence-corrected chi connectivity index (χ4v) is 1.90. The lowest BCUT2D eigenvalue weighted by atomic mass is 10.2. The van der Waals surface area contributed by atoms with Crippen LogP contribution in [0.15, 0.2) is 30.3 Å². The van der Waals surface area contributed by atoms with E-state index in [1.165, 1.54) is 0 Å². The Morgan fingerprint density at radius 3 is 2.59 bits per heavy atom. The summed E-state index contributed by atoms with van der Waals surface area (Å²) < 4.78 is 15.7. The van der Waals surface area contributed by atoms with Gasteiger partial charge in [0.15, 0.2) is 5.82 Å². The van der Waals surface area contributed by atoms with Gasteiger partial charge in [-0.15, -0.1) is 0 Å². The average Bonchev–Trinajstić information content (AvgIpc) is 2.65. The van der Waals surface area contributed by atoms with Gasteiger partial charge in [0.25, 0.3) is 0 Å². The summed E-state index contributed by atoms with van der Waals surface area (Å²) in [6.07, 6.45) is 2.77. The standard InChI is InChI=1S/C14H17FN2/c1-3-4-10-13-14(15)11(2)16-17(13)12-8-6-5-7-9-12/h5-9H,3-4,10H2,1-2H3. The molecule has 1 heterocycles. The molecule has 90 valence electrons. The van der Waals surface area contributed by atoms with Gasteiger partial charge in [-0.25, -0.2) is 9.07 Å². The molecule has 3 heteroatoms. The number of benzene rings is 1. The zero-order valence-corrected chi connectivity index (χ0v) is 10.3. The maximum atomic E-state index is 13.9. The molecule has 2 rings (SSSR count). The Morgan fingerprint density at radius 1 is 1.24 bits per heavy atom. The number of nitrogens with zero attached hydrogens (tertiary/aromatic N) is 2. The van der Waals surface area contributed by atoms with Crippen molar-refractivity contribution in [2.24, 2.45) is 0 Å². The molecule has 0 aliphatic carbocycles. The van der Waals surface area contributed by atoms with Gasteiger partial charge in [-0.1, -0.05) is 31.5 Å². The molecular formula is C14H17FN2. The monoisotopic (exact) mass is 232 g/mol. The molecule has 0 N–H and O–H groups in total. The molecule has 0 saturated heterocycles. The molecule has 0 amide bonds. The van der Waals surface area contributed by atoms with Gasteiger partial charge >= 0.3 is 0 Å². The van der Waals surface area contributed by atoms with Crippen LogP contribution >= 0.6 is 0 Å². The van der Waals surface area contributed by atoms with Gasteiger partial charge in [-0.2, -0.15) is 5.10 Å². The van der Waals surface area contributed by atoms with Crippen LogP contribution < -0.4 is 0 Å². The lowest BCUT2D eigenvalue weighted by Gasteiger charge is -2.06. The largest absolute Gasteiger partial charge is 0.234 e. The molecule has 17 heavy (non-hydrogen) atoms. The van der Waals surface area contributed by atoms with Crippen molar-refractivity contribution >= 4 is 0 Å². The molecule has 0 saturated carbocycles. The van der Waals surface area contributed by atoms with Gasteiger partial charge in [0.1, 0.15) is 0 Å². The van der Waals surface area contributed by atoms with E-state index >= 15 is 0 Å². The first-order valence-electron chi connectivity index (χ1n) is 6.03. The minimum atomic E-state index is -0.165. The first kappa shape index (κ1) is 11.8. The molecule has 0 spiro atoms. The van der Waals surface area contributed by atoms with E-state index in [1.807, 2.05) is 30.3 Å². The van der Waals surface area contributed by atoms with Crippen LogP contribution in [0.4, 0.5) is 4.39 Å². The van der Waals surface area contributed by atoms with E-state index in [9.17, 15) is 4.39 Å². The van der Waals surface area contributed by atoms with E-state index in [0.717, 1.165) is 24.9 Å². The smallest absolute Gasteiger partial charge is 0.167 e. The van der Waals surface area contributed by atoms with Crippen LogP contribution in [0.5, 0.6) is 0 Å². The van der Waals surface area contributed by atoms with Crippen LogP contribution in [0.25, 0.3) is 5.69 Å². The number of rotatable bonds is 4. The number of hydrogen-bond acceptors (Lipinski definition) is 1. The van der Waals surface area contributed by atoms with Crippen LogP contribution in [0, 0.1) is 12.7 Å². The predicted molar refractivity (Wildman–Crippen MR) is 66.9 cm³/mol. The topological polar surface area (TPSA) is 17.8 Å². The van der Waals surface area contributed by atoms with Crippen molar-refractivity contribution in [3.05, 3.63) is 47.5 Å². The summed E-state index contributed by atoms with van der Waals surface area (Å²) in [5.74, 6) is -0.165. The Balaban J connectivity index is 2.43. The Bertz CT molecular complexity index is 488. The van der Waals surface area contributed by atoms with Crippen LogP contribution in [0.1, 0.15) is 31.2 Å². The predicted octanol–water partition coefficient (Wildman–Crippen LogP) is 3.66. The van der Waals surface area contributed by atoms with Crippen molar-refractivity contribution in [1.82, 2.24) is 9.78 Å². The van der Waals surface area contributed by atoms with E-state index in [4.69, 9.17) is 0 Å². The van der Waals surface area contributed by atoms with Gasteiger partial charge in [-0.05, 0) is 31.9 Å². The Labute approximate surface area is 101 Å². The van der Waals surface area contributed by atoms with Crippen LogP contribution in [-0.4, -0.2) is 9.78 Å². The fraction of sp³-hybridized carbons (Fsp3) is 0.357. The second-order valence-corrected chi connectivity index (χ2v) is 4.20. The maximum absolute atomic E-state index is 13.9. The number of halogens is 1. The van der Waals surface area contributed by atoms with E-state index in [1.54, 1.807) is 11.6 Å². The molecular weight excluding hydrogens is 215 g/mol. The van der Waals surface area contributed by atoms with Crippen LogP contribution in [0.3, 0.4) is 0 Å². The lowest BCUT2D eigenvalue weighted by Crippen LogP contribution is -2.03. The highest BCUT2D eigenvalue weighted by Gasteiger charge is 2.15. The molecule has 0 aliphatic rings. The molecule has 0 atom stereocenters. The van der Waals surface area contributed by atoms with E-state index in [0.29, 0.717) is 11.4 Å². The van der Waals surface area contributed by atoms with Gasteiger partial charge in [0.2, 0.25) is 0 Å². The third-order valence-electron chi connectivity index (χ3n) is 2.84. The highest BCUT2D eigenvalue weighted by atomic mass is 19.1. The SMILES string of the molecule is CCCCc1c(F)c(C)nn1-c1ccccc1. The van der Waals surface area contributed by atoms with Crippen LogP contribution in [0.2, 0.25) is 0 Å². The van der Waals surface area contributed by atoms with Gasteiger partial charge in [-0.3, -0.25) is 0 Å². The lowest BCUT2D eigenvalue weighted by molar-refractivity contribution is 0.590. The molecule has 2 aromatic rings. The summed E-state index contributed by atoms with van der Waals surface area (Å²) in [6.45, 7) is 3.82. The number of para-hydroxylation sites is 1. The zero-order valence-electron chi connectivity index (χ0n) is 10.3. The summed E-state index contributed by atoms with van der Waals surface area (Å²) in [5, 5.41) is 4.27. The Hall–Kier alpha value is -1.64. The molecule has 2 nitrogen and oxygen atoms in total. The van der Waals surface area contributed by atoms with Crippen LogP contribution in [-0.2, 0) is 6.42 Å². The molecule has 0 bridgehead atoms. The molecule has 1 aromatic carbocycles. The van der Waals surface area contributed by atoms with Crippen molar-refractivity contribution in [3.8, 4) is 5.69 Å². The van der Waals surface area contributed by atoms with Crippen molar-refractivity contribution in [3.63, 3.8) is 0 Å². The first-order valence-corrected chi connectivity index (χ1v) is 6.03. The summed E-state index contributed by atoms with van der Waals surface area (Å²) in [5.41, 5.74) is 2.08. The zero-order chi connectivity index (χ0) is 12.3. The summed E-state index contributed by atoms with van der Waals surface area (Å²) in [7, 11) is 0.